The molecule has 24 heavy (non-hydrogen) atoms. The summed E-state index contributed by atoms with van der Waals surface area (Å²) in [4.78, 5) is 28.6. The Balaban J connectivity index is 1.56. The van der Waals surface area contributed by atoms with Crippen molar-refractivity contribution in [2.75, 3.05) is 11.9 Å². The third kappa shape index (κ3) is 3.65. The molecule has 3 N–H and O–H groups in total. The van der Waals surface area contributed by atoms with E-state index in [2.05, 4.69) is 15.3 Å². The van der Waals surface area contributed by atoms with Crippen LogP contribution < -0.4 is 15.7 Å². The minimum absolute atomic E-state index is 0.141. The first-order valence-corrected chi connectivity index (χ1v) is 7.73. The van der Waals surface area contributed by atoms with Gasteiger partial charge in [0, 0.05) is 5.69 Å². The van der Waals surface area contributed by atoms with Crippen LogP contribution in [0.4, 0.5) is 5.69 Å². The van der Waals surface area contributed by atoms with Gasteiger partial charge in [0.2, 0.25) is 5.91 Å². The molecule has 124 valence electrons. The number of aryl methyl sites for hydroxylation is 2. The third-order valence-electron chi connectivity index (χ3n) is 3.73. The number of carbonyl (C=O) groups is 1. The monoisotopic (exact) mass is 325 g/mol. The van der Waals surface area contributed by atoms with Gasteiger partial charge in [-0.25, -0.2) is 4.79 Å². The van der Waals surface area contributed by atoms with Crippen LogP contribution in [-0.4, -0.2) is 22.5 Å². The summed E-state index contributed by atoms with van der Waals surface area (Å²) in [5.41, 5.74) is 3.89. The summed E-state index contributed by atoms with van der Waals surface area (Å²) in [5.74, 6) is 0.659. The van der Waals surface area contributed by atoms with E-state index in [0.717, 1.165) is 16.9 Å². The van der Waals surface area contributed by atoms with E-state index in [9.17, 15) is 9.59 Å². The summed E-state index contributed by atoms with van der Waals surface area (Å²) in [5, 5.41) is 2.80. The van der Waals surface area contributed by atoms with E-state index in [-0.39, 0.29) is 18.0 Å². The van der Waals surface area contributed by atoms with E-state index < -0.39 is 0 Å². The first kappa shape index (κ1) is 15.9. The Morgan fingerprint density at radius 3 is 2.71 bits per heavy atom. The summed E-state index contributed by atoms with van der Waals surface area (Å²) in [7, 11) is 0. The lowest BCUT2D eigenvalue weighted by Crippen LogP contribution is -2.15. The standard InChI is InChI=1S/C18H19N3O3/c1-11-3-4-12(2)16(9-11)24-8-7-17(22)19-13-5-6-14-15(10-13)21-18(23)20-14/h3-6,9-10H,7-8H2,1-2H3,(H,19,22)(H2,20,21,23). The van der Waals surface area contributed by atoms with Crippen LogP contribution >= 0.6 is 0 Å². The minimum Gasteiger partial charge on any atom is -0.493 e. The number of anilines is 1. The van der Waals surface area contributed by atoms with Crippen molar-refractivity contribution >= 4 is 22.6 Å². The van der Waals surface area contributed by atoms with Crippen LogP contribution in [-0.2, 0) is 4.79 Å². The lowest BCUT2D eigenvalue weighted by atomic mass is 10.1. The molecule has 0 aliphatic carbocycles. The number of benzene rings is 2. The molecule has 1 heterocycles. The molecule has 0 aliphatic rings. The van der Waals surface area contributed by atoms with E-state index in [0.29, 0.717) is 23.3 Å². The number of aromatic nitrogens is 2. The number of rotatable bonds is 5. The molecule has 0 unspecified atom stereocenters. The summed E-state index contributed by atoms with van der Waals surface area (Å²) >= 11 is 0. The number of H-pyrrole nitrogens is 2. The molecule has 1 amide bonds. The Bertz CT molecular complexity index is 940. The molecule has 6 nitrogen and oxygen atoms in total. The molecule has 1 aromatic heterocycles. The number of imidazole rings is 1. The number of nitrogens with one attached hydrogen (secondary N) is 3. The maximum atomic E-state index is 12.0. The zero-order valence-corrected chi connectivity index (χ0v) is 13.6. The average molecular weight is 325 g/mol. The molecule has 3 aromatic rings. The highest BCUT2D eigenvalue weighted by atomic mass is 16.5. The maximum Gasteiger partial charge on any atom is 0.323 e. The van der Waals surface area contributed by atoms with Gasteiger partial charge in [0.25, 0.3) is 0 Å². The molecule has 0 atom stereocenters. The summed E-state index contributed by atoms with van der Waals surface area (Å²) in [6, 6.07) is 11.2. The highest BCUT2D eigenvalue weighted by Gasteiger charge is 2.06. The molecule has 0 radical (unpaired) electrons. The number of fused-ring (bicyclic) bond motifs is 1. The first-order chi connectivity index (χ1) is 11.5. The molecule has 3 rings (SSSR count). The van der Waals surface area contributed by atoms with E-state index in [4.69, 9.17) is 4.74 Å². The molecule has 0 aliphatic heterocycles. The van der Waals surface area contributed by atoms with Gasteiger partial charge in [-0.15, -0.1) is 0 Å². The second kappa shape index (κ2) is 6.62. The van der Waals surface area contributed by atoms with Crippen molar-refractivity contribution in [2.45, 2.75) is 20.3 Å². The van der Waals surface area contributed by atoms with E-state index in [1.165, 1.54) is 0 Å². The van der Waals surface area contributed by atoms with Crippen molar-refractivity contribution in [3.05, 3.63) is 58.0 Å². The number of carbonyl (C=O) groups excluding carboxylic acids is 1. The molecule has 0 bridgehead atoms. The average Bonchev–Trinajstić information content (AvgIpc) is 2.90. The fraction of sp³-hybridized carbons (Fsp3) is 0.222. The van der Waals surface area contributed by atoms with Crippen LogP contribution in [0.2, 0.25) is 0 Å². The largest absolute Gasteiger partial charge is 0.493 e. The molecular formula is C18H19N3O3. The number of ether oxygens (including phenoxy) is 1. The Morgan fingerprint density at radius 2 is 1.88 bits per heavy atom. The van der Waals surface area contributed by atoms with Crippen LogP contribution in [0.1, 0.15) is 17.5 Å². The van der Waals surface area contributed by atoms with Crippen molar-refractivity contribution in [3.63, 3.8) is 0 Å². The lowest BCUT2D eigenvalue weighted by molar-refractivity contribution is -0.116. The Morgan fingerprint density at radius 1 is 1.08 bits per heavy atom. The smallest absolute Gasteiger partial charge is 0.323 e. The van der Waals surface area contributed by atoms with Crippen LogP contribution in [0.5, 0.6) is 5.75 Å². The minimum atomic E-state index is -0.268. The van der Waals surface area contributed by atoms with Gasteiger partial charge in [0.15, 0.2) is 0 Å². The first-order valence-electron chi connectivity index (χ1n) is 7.73. The molecule has 0 spiro atoms. The molecule has 2 aromatic carbocycles. The third-order valence-corrected chi connectivity index (χ3v) is 3.73. The van der Waals surface area contributed by atoms with Gasteiger partial charge in [-0.1, -0.05) is 12.1 Å². The van der Waals surface area contributed by atoms with Crippen LogP contribution in [0.25, 0.3) is 11.0 Å². The molecular weight excluding hydrogens is 306 g/mol. The zero-order valence-electron chi connectivity index (χ0n) is 13.6. The van der Waals surface area contributed by atoms with Gasteiger partial charge in [-0.2, -0.15) is 0 Å². The van der Waals surface area contributed by atoms with Crippen molar-refractivity contribution < 1.29 is 9.53 Å². The van der Waals surface area contributed by atoms with Gasteiger partial charge in [0.05, 0.1) is 24.1 Å². The molecule has 0 fully saturated rings. The van der Waals surface area contributed by atoms with Gasteiger partial charge < -0.3 is 20.0 Å². The summed E-state index contributed by atoms with van der Waals surface area (Å²) in [6.45, 7) is 4.28. The van der Waals surface area contributed by atoms with E-state index in [1.807, 2.05) is 32.0 Å². The van der Waals surface area contributed by atoms with Crippen LogP contribution in [0.15, 0.2) is 41.2 Å². The molecule has 0 saturated heterocycles. The van der Waals surface area contributed by atoms with Gasteiger partial charge >= 0.3 is 5.69 Å². The van der Waals surface area contributed by atoms with Gasteiger partial charge in [-0.05, 0) is 49.2 Å². The normalized spacial score (nSPS) is 10.8. The molecule has 6 heteroatoms. The number of hydrogen-bond acceptors (Lipinski definition) is 3. The number of hydrogen-bond donors (Lipinski definition) is 3. The Kier molecular flexibility index (Phi) is 4.37. The fourth-order valence-electron chi connectivity index (χ4n) is 2.45. The molecule has 0 saturated carbocycles. The summed E-state index contributed by atoms with van der Waals surface area (Å²) < 4.78 is 5.69. The topological polar surface area (TPSA) is 87.0 Å². The van der Waals surface area contributed by atoms with Gasteiger partial charge in [0.1, 0.15) is 5.75 Å². The Hall–Kier alpha value is -3.02. The predicted molar refractivity (Wildman–Crippen MR) is 93.6 cm³/mol. The van der Waals surface area contributed by atoms with Crippen molar-refractivity contribution in [2.24, 2.45) is 0 Å². The second-order valence-electron chi connectivity index (χ2n) is 5.76. The van der Waals surface area contributed by atoms with Gasteiger partial charge in [-0.3, -0.25) is 4.79 Å². The summed E-state index contributed by atoms with van der Waals surface area (Å²) in [6.07, 6.45) is 0.245. The SMILES string of the molecule is Cc1ccc(C)c(OCCC(=O)Nc2ccc3[nH]c(=O)[nH]c3c2)c1. The maximum absolute atomic E-state index is 12.0. The fourth-order valence-corrected chi connectivity index (χ4v) is 2.45. The van der Waals surface area contributed by atoms with E-state index >= 15 is 0 Å². The van der Waals surface area contributed by atoms with Crippen LogP contribution in [0.3, 0.4) is 0 Å². The van der Waals surface area contributed by atoms with Crippen molar-refractivity contribution in [3.8, 4) is 5.75 Å². The van der Waals surface area contributed by atoms with E-state index in [1.54, 1.807) is 18.2 Å². The van der Waals surface area contributed by atoms with Crippen LogP contribution in [0, 0.1) is 13.8 Å². The number of amides is 1. The Labute approximate surface area is 138 Å². The van der Waals surface area contributed by atoms with Crippen molar-refractivity contribution in [1.82, 2.24) is 9.97 Å². The predicted octanol–water partition coefficient (Wildman–Crippen LogP) is 2.88. The quantitative estimate of drug-likeness (QED) is 0.674. The second-order valence-corrected chi connectivity index (χ2v) is 5.76. The van der Waals surface area contributed by atoms with Crippen molar-refractivity contribution in [1.29, 1.82) is 0 Å². The highest BCUT2D eigenvalue weighted by molar-refractivity contribution is 5.93. The lowest BCUT2D eigenvalue weighted by Gasteiger charge is -2.10. The zero-order chi connectivity index (χ0) is 17.1. The number of aromatic amines is 2. The highest BCUT2D eigenvalue weighted by Crippen LogP contribution is 2.19.